The van der Waals surface area contributed by atoms with Crippen molar-refractivity contribution in [2.75, 3.05) is 27.7 Å². The van der Waals surface area contributed by atoms with Gasteiger partial charge in [-0.2, -0.15) is 0 Å². The summed E-state index contributed by atoms with van der Waals surface area (Å²) in [5.74, 6) is 1.66. The first-order chi connectivity index (χ1) is 21.7. The van der Waals surface area contributed by atoms with Crippen LogP contribution in [0.3, 0.4) is 0 Å². The number of hydrogen-bond acceptors (Lipinski definition) is 5. The van der Waals surface area contributed by atoms with E-state index in [0.29, 0.717) is 13.2 Å². The second-order valence-corrected chi connectivity index (χ2v) is 13.0. The molecule has 0 aliphatic heterocycles. The van der Waals surface area contributed by atoms with Gasteiger partial charge in [0, 0.05) is 29.5 Å². The SMILES string of the molecule is CN(C)P(c1ccc2ccccc2c1OCOCc1ccccc1)c1ccc2ccccc2c1OCOCc1ccccc1. The van der Waals surface area contributed by atoms with Gasteiger partial charge in [0.1, 0.15) is 11.5 Å². The lowest BCUT2D eigenvalue weighted by atomic mass is 10.1. The molecule has 6 rings (SSSR count). The fourth-order valence-electron chi connectivity index (χ4n) is 5.33. The van der Waals surface area contributed by atoms with E-state index in [9.17, 15) is 0 Å². The molecule has 0 amide bonds. The van der Waals surface area contributed by atoms with Gasteiger partial charge in [-0.15, -0.1) is 0 Å². The Labute approximate surface area is 260 Å². The standard InChI is InChI=1S/C38H36NO4P/c1-39(2)44(35-23-21-31-17-9-11-19-33(31)37(35)42-27-40-25-29-13-5-3-6-14-29)36-24-22-32-18-10-12-20-34(32)38(36)43-28-41-26-30-15-7-4-8-16-30/h3-24H,25-28H2,1-2H3. The fourth-order valence-corrected chi connectivity index (χ4v) is 7.64. The Morgan fingerprint density at radius 1 is 0.477 bits per heavy atom. The molecule has 0 aliphatic carbocycles. The summed E-state index contributed by atoms with van der Waals surface area (Å²) >= 11 is 0. The summed E-state index contributed by atoms with van der Waals surface area (Å²) in [6.45, 7) is 1.24. The summed E-state index contributed by atoms with van der Waals surface area (Å²) in [6.07, 6.45) is 0. The Morgan fingerprint density at radius 3 is 1.32 bits per heavy atom. The molecule has 222 valence electrons. The molecular formula is C38H36NO4P. The third kappa shape index (κ3) is 6.93. The smallest absolute Gasteiger partial charge is 0.189 e. The van der Waals surface area contributed by atoms with E-state index in [0.717, 1.165) is 54.8 Å². The molecule has 0 fully saturated rings. The van der Waals surface area contributed by atoms with E-state index in [4.69, 9.17) is 18.9 Å². The highest BCUT2D eigenvalue weighted by molar-refractivity contribution is 7.71. The van der Waals surface area contributed by atoms with Crippen LogP contribution in [0.5, 0.6) is 11.5 Å². The first-order valence-corrected chi connectivity index (χ1v) is 16.0. The number of rotatable bonds is 13. The topological polar surface area (TPSA) is 40.2 Å². The molecule has 0 bridgehead atoms. The van der Waals surface area contributed by atoms with E-state index in [-0.39, 0.29) is 13.6 Å². The van der Waals surface area contributed by atoms with Crippen LogP contribution in [0.1, 0.15) is 11.1 Å². The minimum absolute atomic E-state index is 0.140. The van der Waals surface area contributed by atoms with Crippen LogP contribution in [0.15, 0.2) is 133 Å². The van der Waals surface area contributed by atoms with Gasteiger partial charge >= 0.3 is 0 Å². The van der Waals surface area contributed by atoms with E-state index in [2.05, 4.69) is 116 Å². The van der Waals surface area contributed by atoms with E-state index in [1.165, 1.54) is 0 Å². The summed E-state index contributed by atoms with van der Waals surface area (Å²) in [5, 5.41) is 6.53. The lowest BCUT2D eigenvalue weighted by molar-refractivity contribution is 0.00644. The third-order valence-electron chi connectivity index (χ3n) is 7.37. The van der Waals surface area contributed by atoms with Crippen LogP contribution in [0, 0.1) is 0 Å². The van der Waals surface area contributed by atoms with Crippen LogP contribution in [-0.2, 0) is 22.7 Å². The minimum atomic E-state index is -1.05. The van der Waals surface area contributed by atoms with Crippen molar-refractivity contribution >= 4 is 40.2 Å². The monoisotopic (exact) mass is 601 g/mol. The van der Waals surface area contributed by atoms with Crippen LogP contribution in [0.4, 0.5) is 0 Å². The Balaban J connectivity index is 1.34. The van der Waals surface area contributed by atoms with Gasteiger partial charge in [0.2, 0.25) is 0 Å². The van der Waals surface area contributed by atoms with Crippen molar-refractivity contribution in [1.82, 2.24) is 4.67 Å². The molecule has 0 saturated carbocycles. The highest BCUT2D eigenvalue weighted by Crippen LogP contribution is 2.45. The average molecular weight is 602 g/mol. The first kappa shape index (κ1) is 29.8. The molecule has 0 N–H and O–H groups in total. The molecule has 0 atom stereocenters. The van der Waals surface area contributed by atoms with Gasteiger partial charge in [0.15, 0.2) is 13.6 Å². The maximum Gasteiger partial charge on any atom is 0.189 e. The molecular weight excluding hydrogens is 565 g/mol. The van der Waals surface area contributed by atoms with Gasteiger partial charge < -0.3 is 18.9 Å². The predicted octanol–water partition coefficient (Wildman–Crippen LogP) is 8.01. The molecule has 6 heteroatoms. The van der Waals surface area contributed by atoms with Gasteiger partial charge in [0.25, 0.3) is 0 Å². The fraction of sp³-hybridized carbons (Fsp3) is 0.158. The maximum atomic E-state index is 6.50. The zero-order chi connectivity index (χ0) is 30.1. The largest absolute Gasteiger partial charge is 0.466 e. The van der Waals surface area contributed by atoms with E-state index < -0.39 is 8.07 Å². The van der Waals surface area contributed by atoms with Crippen molar-refractivity contribution in [1.29, 1.82) is 0 Å². The molecule has 44 heavy (non-hydrogen) atoms. The summed E-state index contributed by atoms with van der Waals surface area (Å²) < 4.78 is 27.2. The number of nitrogens with zero attached hydrogens (tertiary/aromatic N) is 1. The molecule has 6 aromatic carbocycles. The average Bonchev–Trinajstić information content (AvgIpc) is 3.07. The number of ether oxygens (including phenoxy) is 4. The first-order valence-electron chi connectivity index (χ1n) is 14.7. The van der Waals surface area contributed by atoms with Crippen molar-refractivity contribution in [2.24, 2.45) is 0 Å². The highest BCUT2D eigenvalue weighted by Gasteiger charge is 2.27. The summed E-state index contributed by atoms with van der Waals surface area (Å²) in [4.78, 5) is 0. The van der Waals surface area contributed by atoms with Crippen molar-refractivity contribution in [3.8, 4) is 11.5 Å². The molecule has 0 radical (unpaired) electrons. The number of benzene rings is 6. The van der Waals surface area contributed by atoms with Gasteiger partial charge in [-0.1, -0.05) is 121 Å². The predicted molar refractivity (Wildman–Crippen MR) is 181 cm³/mol. The van der Waals surface area contributed by atoms with Crippen molar-refractivity contribution < 1.29 is 18.9 Å². The maximum absolute atomic E-state index is 6.50. The third-order valence-corrected chi connectivity index (χ3v) is 9.79. The zero-order valence-corrected chi connectivity index (χ0v) is 26.0. The van der Waals surface area contributed by atoms with Crippen LogP contribution < -0.4 is 20.1 Å². The molecule has 6 aromatic rings. The Kier molecular flexibility index (Phi) is 9.81. The van der Waals surface area contributed by atoms with Gasteiger partial charge in [-0.05, 0) is 48.1 Å². The molecule has 0 aliphatic rings. The molecule has 0 spiro atoms. The second kappa shape index (κ2) is 14.5. The lowest BCUT2D eigenvalue weighted by Gasteiger charge is -2.29. The molecule has 0 heterocycles. The van der Waals surface area contributed by atoms with Crippen molar-refractivity contribution in [3.63, 3.8) is 0 Å². The summed E-state index contributed by atoms with van der Waals surface area (Å²) in [5.41, 5.74) is 2.22. The van der Waals surface area contributed by atoms with Crippen LogP contribution in [0.25, 0.3) is 21.5 Å². The zero-order valence-electron chi connectivity index (χ0n) is 25.1. The van der Waals surface area contributed by atoms with Crippen LogP contribution >= 0.6 is 8.07 Å². The Morgan fingerprint density at radius 2 is 0.886 bits per heavy atom. The molecule has 0 unspecified atom stereocenters. The van der Waals surface area contributed by atoms with Gasteiger partial charge in [-0.25, -0.2) is 0 Å². The quantitative estimate of drug-likeness (QED) is 0.0762. The van der Waals surface area contributed by atoms with Crippen LogP contribution in [0.2, 0.25) is 0 Å². The molecule has 5 nitrogen and oxygen atoms in total. The van der Waals surface area contributed by atoms with Gasteiger partial charge in [0.05, 0.1) is 13.2 Å². The van der Waals surface area contributed by atoms with E-state index >= 15 is 0 Å². The summed E-state index contributed by atoms with van der Waals surface area (Å²) in [7, 11) is 3.17. The van der Waals surface area contributed by atoms with E-state index in [1.807, 2.05) is 36.4 Å². The molecule has 0 saturated heterocycles. The second-order valence-electron chi connectivity index (χ2n) is 10.6. The lowest BCUT2D eigenvalue weighted by Crippen LogP contribution is -2.26. The summed E-state index contributed by atoms with van der Waals surface area (Å²) in [6, 6.07) is 45.7. The highest BCUT2D eigenvalue weighted by atomic mass is 31.1. The Bertz CT molecular complexity index is 1680. The number of fused-ring (bicyclic) bond motifs is 2. The van der Waals surface area contributed by atoms with E-state index in [1.54, 1.807) is 0 Å². The van der Waals surface area contributed by atoms with Gasteiger partial charge in [-0.3, -0.25) is 4.67 Å². The normalized spacial score (nSPS) is 11.5. The number of hydrogen-bond donors (Lipinski definition) is 0. The van der Waals surface area contributed by atoms with Crippen LogP contribution in [-0.4, -0.2) is 32.4 Å². The molecule has 0 aromatic heterocycles. The van der Waals surface area contributed by atoms with Crippen molar-refractivity contribution in [3.05, 3.63) is 145 Å². The Hall–Kier alpha value is -4.25. The van der Waals surface area contributed by atoms with Crippen molar-refractivity contribution in [2.45, 2.75) is 13.2 Å². The minimum Gasteiger partial charge on any atom is -0.466 e.